The zero-order valence-electron chi connectivity index (χ0n) is 11.7. The van der Waals surface area contributed by atoms with Gasteiger partial charge in [-0.25, -0.2) is 4.79 Å². The predicted octanol–water partition coefficient (Wildman–Crippen LogP) is -0.604. The molecule has 8 nitrogen and oxygen atoms in total. The van der Waals surface area contributed by atoms with Gasteiger partial charge in [-0.15, -0.1) is 0 Å². The van der Waals surface area contributed by atoms with E-state index < -0.39 is 12.0 Å². The first-order valence-electron chi connectivity index (χ1n) is 6.54. The molecule has 1 saturated heterocycles. The smallest absolute Gasteiger partial charge is 0.318 e. The molecule has 1 fully saturated rings. The summed E-state index contributed by atoms with van der Waals surface area (Å²) in [5.41, 5.74) is 0. The molecule has 114 valence electrons. The van der Waals surface area contributed by atoms with Gasteiger partial charge in [0, 0.05) is 26.1 Å². The third kappa shape index (κ3) is 4.69. The molecule has 0 saturated carbocycles. The molecule has 0 aromatic carbocycles. The molecule has 8 heteroatoms. The first kappa shape index (κ1) is 16.2. The van der Waals surface area contributed by atoms with Crippen LogP contribution < -0.4 is 10.6 Å². The number of hydrogen-bond donors (Lipinski definition) is 3. The van der Waals surface area contributed by atoms with Crippen molar-refractivity contribution < 1.29 is 24.2 Å². The van der Waals surface area contributed by atoms with Crippen molar-refractivity contribution in [3.63, 3.8) is 0 Å². The number of likely N-dealkylation sites (N-methyl/N-ethyl adjacent to an activating group) is 1. The molecule has 1 heterocycles. The summed E-state index contributed by atoms with van der Waals surface area (Å²) in [6.07, 6.45) is 0.333. The fourth-order valence-corrected chi connectivity index (χ4v) is 1.94. The highest BCUT2D eigenvalue weighted by Crippen LogP contribution is 2.08. The highest BCUT2D eigenvalue weighted by Gasteiger charge is 2.32. The number of morpholine rings is 1. The number of carboxylic acid groups (broad SMARTS) is 1. The monoisotopic (exact) mass is 287 g/mol. The van der Waals surface area contributed by atoms with Gasteiger partial charge in [0.25, 0.3) is 0 Å². The fourth-order valence-electron chi connectivity index (χ4n) is 1.94. The van der Waals surface area contributed by atoms with Crippen molar-refractivity contribution in [2.45, 2.75) is 31.8 Å². The van der Waals surface area contributed by atoms with Crippen LogP contribution in [0.25, 0.3) is 0 Å². The van der Waals surface area contributed by atoms with E-state index in [1.165, 1.54) is 11.9 Å². The number of carboxylic acids is 1. The second kappa shape index (κ2) is 7.68. The molecular formula is C12H21N3O5. The Labute approximate surface area is 117 Å². The molecule has 1 aliphatic heterocycles. The molecule has 1 aliphatic rings. The normalized spacial score (nSPS) is 20.1. The van der Waals surface area contributed by atoms with Crippen LogP contribution in [0.15, 0.2) is 0 Å². The van der Waals surface area contributed by atoms with Gasteiger partial charge in [-0.2, -0.15) is 0 Å². The zero-order valence-corrected chi connectivity index (χ0v) is 11.7. The molecule has 3 N–H and O–H groups in total. The lowest BCUT2D eigenvalue weighted by atomic mass is 10.2. The van der Waals surface area contributed by atoms with E-state index in [1.54, 1.807) is 6.92 Å². The quantitative estimate of drug-likeness (QED) is 0.625. The Hall–Kier alpha value is -1.83. The Morgan fingerprint density at radius 2 is 2.15 bits per heavy atom. The van der Waals surface area contributed by atoms with Crippen molar-refractivity contribution in [2.24, 2.45) is 0 Å². The van der Waals surface area contributed by atoms with E-state index in [0.29, 0.717) is 19.6 Å². The average molecular weight is 287 g/mol. The SMILES string of the molecule is CNC(=O)C1COCCN1C(=O)NC(C)CCC(=O)O. The number of nitrogens with zero attached hydrogens (tertiary/aromatic N) is 1. The van der Waals surface area contributed by atoms with Gasteiger partial charge in [0.1, 0.15) is 6.04 Å². The van der Waals surface area contributed by atoms with Gasteiger partial charge in [0.2, 0.25) is 5.91 Å². The van der Waals surface area contributed by atoms with Crippen molar-refractivity contribution in [2.75, 3.05) is 26.8 Å². The highest BCUT2D eigenvalue weighted by molar-refractivity contribution is 5.87. The molecule has 0 aliphatic carbocycles. The topological polar surface area (TPSA) is 108 Å². The summed E-state index contributed by atoms with van der Waals surface area (Å²) in [6.45, 7) is 2.60. The second-order valence-electron chi connectivity index (χ2n) is 4.68. The highest BCUT2D eigenvalue weighted by atomic mass is 16.5. The number of rotatable bonds is 5. The van der Waals surface area contributed by atoms with Crippen LogP contribution in [-0.2, 0) is 14.3 Å². The van der Waals surface area contributed by atoms with Crippen LogP contribution in [0, 0.1) is 0 Å². The molecular weight excluding hydrogens is 266 g/mol. The number of ether oxygens (including phenoxy) is 1. The number of amides is 3. The Morgan fingerprint density at radius 3 is 2.75 bits per heavy atom. The van der Waals surface area contributed by atoms with Crippen LogP contribution in [0.4, 0.5) is 4.79 Å². The van der Waals surface area contributed by atoms with E-state index in [-0.39, 0.29) is 31.0 Å². The molecule has 0 bridgehead atoms. The number of nitrogens with one attached hydrogen (secondary N) is 2. The summed E-state index contributed by atoms with van der Waals surface area (Å²) in [5.74, 6) is -1.18. The maximum Gasteiger partial charge on any atom is 0.318 e. The Morgan fingerprint density at radius 1 is 1.45 bits per heavy atom. The summed E-state index contributed by atoms with van der Waals surface area (Å²) in [5, 5.41) is 13.8. The number of carbonyl (C=O) groups excluding carboxylic acids is 2. The number of urea groups is 1. The molecule has 2 unspecified atom stereocenters. The summed E-state index contributed by atoms with van der Waals surface area (Å²) >= 11 is 0. The van der Waals surface area contributed by atoms with Crippen LogP contribution in [0.2, 0.25) is 0 Å². The molecule has 0 spiro atoms. The van der Waals surface area contributed by atoms with Crippen LogP contribution in [0.1, 0.15) is 19.8 Å². The van der Waals surface area contributed by atoms with E-state index in [1.807, 2.05) is 0 Å². The first-order chi connectivity index (χ1) is 9.45. The van der Waals surface area contributed by atoms with Crippen molar-refractivity contribution in [3.8, 4) is 0 Å². The maximum atomic E-state index is 12.1. The van der Waals surface area contributed by atoms with Gasteiger partial charge in [0.05, 0.1) is 13.2 Å². The predicted molar refractivity (Wildman–Crippen MR) is 70.2 cm³/mol. The molecule has 20 heavy (non-hydrogen) atoms. The van der Waals surface area contributed by atoms with Crippen molar-refractivity contribution in [3.05, 3.63) is 0 Å². The van der Waals surface area contributed by atoms with Crippen molar-refractivity contribution >= 4 is 17.9 Å². The molecule has 0 aromatic heterocycles. The number of hydrogen-bond acceptors (Lipinski definition) is 4. The minimum atomic E-state index is -0.902. The van der Waals surface area contributed by atoms with Crippen LogP contribution >= 0.6 is 0 Å². The van der Waals surface area contributed by atoms with Gasteiger partial charge in [-0.05, 0) is 13.3 Å². The lowest BCUT2D eigenvalue weighted by molar-refractivity contribution is -0.137. The van der Waals surface area contributed by atoms with E-state index >= 15 is 0 Å². The summed E-state index contributed by atoms with van der Waals surface area (Å²) in [7, 11) is 1.50. The van der Waals surface area contributed by atoms with Crippen LogP contribution in [0.5, 0.6) is 0 Å². The van der Waals surface area contributed by atoms with E-state index in [0.717, 1.165) is 0 Å². The fraction of sp³-hybridized carbons (Fsp3) is 0.750. The van der Waals surface area contributed by atoms with Gasteiger partial charge >= 0.3 is 12.0 Å². The lowest BCUT2D eigenvalue weighted by Gasteiger charge is -2.35. The molecule has 0 aromatic rings. The minimum Gasteiger partial charge on any atom is -0.481 e. The Kier molecular flexibility index (Phi) is 6.23. The standard InChI is InChI=1S/C12H21N3O5/c1-8(3-4-10(16)17)14-12(19)15-5-6-20-7-9(15)11(18)13-2/h8-9H,3-7H2,1-2H3,(H,13,18)(H,14,19)(H,16,17). The molecule has 3 amide bonds. The number of carbonyl (C=O) groups is 3. The van der Waals surface area contributed by atoms with Crippen molar-refractivity contribution in [1.82, 2.24) is 15.5 Å². The summed E-state index contributed by atoms with van der Waals surface area (Å²) in [6, 6.07) is -1.30. The first-order valence-corrected chi connectivity index (χ1v) is 6.54. The summed E-state index contributed by atoms with van der Waals surface area (Å²) < 4.78 is 5.21. The lowest BCUT2D eigenvalue weighted by Crippen LogP contribution is -2.58. The van der Waals surface area contributed by atoms with Gasteiger partial charge in [-0.1, -0.05) is 0 Å². The molecule has 2 atom stereocenters. The molecule has 1 rings (SSSR count). The second-order valence-corrected chi connectivity index (χ2v) is 4.68. The third-order valence-corrected chi connectivity index (χ3v) is 3.10. The van der Waals surface area contributed by atoms with Gasteiger partial charge < -0.3 is 25.4 Å². The molecule has 0 radical (unpaired) electrons. The Balaban J connectivity index is 2.54. The Bertz CT molecular complexity index is 374. The largest absolute Gasteiger partial charge is 0.481 e. The third-order valence-electron chi connectivity index (χ3n) is 3.10. The zero-order chi connectivity index (χ0) is 15.1. The van der Waals surface area contributed by atoms with Gasteiger partial charge in [0.15, 0.2) is 0 Å². The maximum absolute atomic E-state index is 12.1. The average Bonchev–Trinajstić information content (AvgIpc) is 2.44. The van der Waals surface area contributed by atoms with Crippen molar-refractivity contribution in [1.29, 1.82) is 0 Å². The number of aliphatic carboxylic acids is 1. The van der Waals surface area contributed by atoms with Gasteiger partial charge in [-0.3, -0.25) is 9.59 Å². The van der Waals surface area contributed by atoms with E-state index in [4.69, 9.17) is 9.84 Å². The van der Waals surface area contributed by atoms with Crippen LogP contribution in [-0.4, -0.2) is 66.8 Å². The van der Waals surface area contributed by atoms with Crippen LogP contribution in [0.3, 0.4) is 0 Å². The van der Waals surface area contributed by atoms with E-state index in [2.05, 4.69) is 10.6 Å². The summed E-state index contributed by atoms with van der Waals surface area (Å²) in [4.78, 5) is 35.7. The van der Waals surface area contributed by atoms with E-state index in [9.17, 15) is 14.4 Å². The minimum absolute atomic E-state index is 0.0105.